The van der Waals surface area contributed by atoms with E-state index < -0.39 is 10.8 Å². The van der Waals surface area contributed by atoms with Crippen molar-refractivity contribution in [1.29, 1.82) is 0 Å². The van der Waals surface area contributed by atoms with Crippen molar-refractivity contribution >= 4 is 17.9 Å². The second-order valence-corrected chi connectivity index (χ2v) is 16.5. The molecule has 0 saturated carbocycles. The van der Waals surface area contributed by atoms with Gasteiger partial charge in [-0.25, -0.2) is 0 Å². The summed E-state index contributed by atoms with van der Waals surface area (Å²) < 4.78 is 17.3. The molecule has 0 bridgehead atoms. The lowest BCUT2D eigenvalue weighted by molar-refractivity contribution is -0.157. The first-order chi connectivity index (χ1) is 24.3. The van der Waals surface area contributed by atoms with Gasteiger partial charge in [0.2, 0.25) is 0 Å². The van der Waals surface area contributed by atoms with E-state index in [1.807, 2.05) is 47.9 Å². The highest BCUT2D eigenvalue weighted by Crippen LogP contribution is 2.32. The number of hydrogen-bond donors (Lipinski definition) is 0. The summed E-state index contributed by atoms with van der Waals surface area (Å²) in [6.07, 6.45) is 28.0. The van der Waals surface area contributed by atoms with Crippen LogP contribution in [0.5, 0.6) is 0 Å². The Morgan fingerprint density at radius 3 is 1.67 bits per heavy atom. The number of carbonyl (C=O) groups is 3. The molecule has 51 heavy (non-hydrogen) atoms. The van der Waals surface area contributed by atoms with Crippen LogP contribution in [0.3, 0.4) is 0 Å². The van der Waals surface area contributed by atoms with Gasteiger partial charge in [0.15, 0.2) is 0 Å². The van der Waals surface area contributed by atoms with Gasteiger partial charge in [0.05, 0.1) is 24.0 Å². The lowest BCUT2D eigenvalue weighted by Crippen LogP contribution is -2.33. The highest BCUT2D eigenvalue weighted by atomic mass is 16.5. The number of hydrogen-bond acceptors (Lipinski definition) is 7. The summed E-state index contributed by atoms with van der Waals surface area (Å²) in [4.78, 5) is 40.4. The topological polar surface area (TPSA) is 82.1 Å². The molecule has 0 aromatic carbocycles. The molecule has 0 amide bonds. The fourth-order valence-electron chi connectivity index (χ4n) is 6.16. The molecule has 0 spiro atoms. The van der Waals surface area contributed by atoms with Crippen LogP contribution in [0.2, 0.25) is 0 Å². The van der Waals surface area contributed by atoms with E-state index in [0.29, 0.717) is 19.6 Å². The number of ether oxygens (including phenoxy) is 3. The average Bonchev–Trinajstić information content (AvgIpc) is 3.07. The van der Waals surface area contributed by atoms with E-state index in [1.165, 1.54) is 64.2 Å². The molecular formula is C44H83NO6. The summed E-state index contributed by atoms with van der Waals surface area (Å²) in [6.45, 7) is 16.3. The van der Waals surface area contributed by atoms with Crippen molar-refractivity contribution in [2.24, 2.45) is 16.7 Å². The van der Waals surface area contributed by atoms with Gasteiger partial charge < -0.3 is 19.1 Å². The number of unbranched alkanes of at least 4 members (excludes halogenated alkanes) is 14. The van der Waals surface area contributed by atoms with E-state index in [4.69, 9.17) is 14.2 Å². The van der Waals surface area contributed by atoms with Crippen LogP contribution >= 0.6 is 0 Å². The maximum atomic E-state index is 12.9. The molecular weight excluding hydrogens is 638 g/mol. The predicted octanol–water partition coefficient (Wildman–Crippen LogP) is 11.8. The molecule has 2 atom stereocenters. The average molecular weight is 722 g/mol. The Balaban J connectivity index is 4.73. The van der Waals surface area contributed by atoms with Crippen molar-refractivity contribution in [3.63, 3.8) is 0 Å². The van der Waals surface area contributed by atoms with Crippen LogP contribution in [0.25, 0.3) is 0 Å². The lowest BCUT2D eigenvalue weighted by Gasteiger charge is -2.29. The molecule has 0 aromatic heterocycles. The number of allylic oxidation sites excluding steroid dienone is 1. The zero-order valence-corrected chi connectivity index (χ0v) is 35.1. The normalized spacial score (nSPS) is 13.5. The summed E-state index contributed by atoms with van der Waals surface area (Å²) in [7, 11) is 4.02. The quantitative estimate of drug-likeness (QED) is 0.0283. The Morgan fingerprint density at radius 1 is 0.627 bits per heavy atom. The Labute approximate surface area is 315 Å². The number of carbonyl (C=O) groups excluding carboxylic acids is 3. The predicted molar refractivity (Wildman–Crippen MR) is 214 cm³/mol. The fraction of sp³-hybridized carbons (Fsp3) is 0.886. The molecule has 0 aliphatic heterocycles. The van der Waals surface area contributed by atoms with Gasteiger partial charge >= 0.3 is 17.9 Å². The maximum absolute atomic E-state index is 12.9. The Hall–Kier alpha value is -1.89. The van der Waals surface area contributed by atoms with Crippen LogP contribution in [0.15, 0.2) is 12.2 Å². The van der Waals surface area contributed by atoms with E-state index in [-0.39, 0.29) is 29.9 Å². The highest BCUT2D eigenvalue weighted by molar-refractivity contribution is 5.78. The van der Waals surface area contributed by atoms with Crippen molar-refractivity contribution in [2.75, 3.05) is 33.9 Å². The van der Waals surface area contributed by atoms with E-state index >= 15 is 0 Å². The zero-order valence-electron chi connectivity index (χ0n) is 35.1. The molecule has 7 heteroatoms. The van der Waals surface area contributed by atoms with Crippen molar-refractivity contribution < 1.29 is 28.6 Å². The van der Waals surface area contributed by atoms with E-state index in [9.17, 15) is 14.4 Å². The van der Waals surface area contributed by atoms with Crippen molar-refractivity contribution in [2.45, 2.75) is 202 Å². The largest absolute Gasteiger partial charge is 0.465 e. The van der Waals surface area contributed by atoms with Gasteiger partial charge in [-0.15, -0.1) is 0 Å². The minimum Gasteiger partial charge on any atom is -0.465 e. The van der Waals surface area contributed by atoms with Crippen LogP contribution in [0.4, 0.5) is 0 Å². The first-order valence-corrected chi connectivity index (χ1v) is 21.1. The van der Waals surface area contributed by atoms with Gasteiger partial charge in [-0.3, -0.25) is 14.4 Å². The fourth-order valence-corrected chi connectivity index (χ4v) is 6.16. The van der Waals surface area contributed by atoms with Crippen molar-refractivity contribution in [3.8, 4) is 0 Å². The number of nitrogens with zero attached hydrogens (tertiary/aromatic N) is 1. The molecule has 2 unspecified atom stereocenters. The van der Waals surface area contributed by atoms with Crippen LogP contribution in [-0.2, 0) is 28.6 Å². The van der Waals surface area contributed by atoms with Gasteiger partial charge in [0, 0.05) is 6.42 Å². The van der Waals surface area contributed by atoms with Crippen LogP contribution < -0.4 is 0 Å². The van der Waals surface area contributed by atoms with Gasteiger partial charge in [-0.2, -0.15) is 0 Å². The first kappa shape index (κ1) is 49.1. The van der Waals surface area contributed by atoms with Crippen molar-refractivity contribution in [3.05, 3.63) is 12.2 Å². The third kappa shape index (κ3) is 26.5. The first-order valence-electron chi connectivity index (χ1n) is 21.1. The molecule has 0 aliphatic carbocycles. The monoisotopic (exact) mass is 722 g/mol. The van der Waals surface area contributed by atoms with E-state index in [2.05, 4.69) is 31.7 Å². The molecule has 0 fully saturated rings. The highest BCUT2D eigenvalue weighted by Gasteiger charge is 2.35. The molecule has 0 aliphatic rings. The minimum absolute atomic E-state index is 0.0943. The summed E-state index contributed by atoms with van der Waals surface area (Å²) in [6, 6.07) is 0. The Kier molecular flexibility index (Phi) is 29.4. The SMILES string of the molecule is CCCCCCCCCOC(=O)C(C)(C)/C=C/CCCC(CCCCC(C)C(C)(C)C(=O)OCCCCCCCCC)OC(=O)CCCN(C)C. The molecule has 0 saturated heterocycles. The number of rotatable bonds is 34. The van der Waals surface area contributed by atoms with Gasteiger partial charge in [0.25, 0.3) is 0 Å². The standard InChI is InChI=1S/C44H83NO6/c1-10-12-14-16-18-20-27-36-49-41(47)43(4,5)34-26-22-23-31-39(51-40(46)33-29-35-45(8)9)32-25-24-30-38(3)44(6,7)42(48)50-37-28-21-19-17-15-13-11-2/h26,34,38-39H,10-25,27-33,35-37H2,1-9H3/b34-26+. The molecule has 0 N–H and O–H groups in total. The second kappa shape index (κ2) is 30.6. The molecule has 300 valence electrons. The molecule has 0 heterocycles. The summed E-state index contributed by atoms with van der Waals surface area (Å²) in [5, 5.41) is 0. The Bertz CT molecular complexity index is 911. The van der Waals surface area contributed by atoms with Gasteiger partial charge in [-0.1, -0.05) is 116 Å². The molecule has 0 aromatic rings. The van der Waals surface area contributed by atoms with Crippen LogP contribution in [0.1, 0.15) is 196 Å². The van der Waals surface area contributed by atoms with Gasteiger partial charge in [0.1, 0.15) is 6.10 Å². The molecule has 0 radical (unpaired) electrons. The number of esters is 3. The van der Waals surface area contributed by atoms with E-state index in [0.717, 1.165) is 83.6 Å². The summed E-state index contributed by atoms with van der Waals surface area (Å²) in [5.41, 5.74) is -1.19. The summed E-state index contributed by atoms with van der Waals surface area (Å²) in [5.74, 6) is -0.196. The summed E-state index contributed by atoms with van der Waals surface area (Å²) >= 11 is 0. The third-order valence-electron chi connectivity index (χ3n) is 10.4. The smallest absolute Gasteiger partial charge is 0.315 e. The van der Waals surface area contributed by atoms with E-state index in [1.54, 1.807) is 0 Å². The Morgan fingerprint density at radius 2 is 1.12 bits per heavy atom. The maximum Gasteiger partial charge on any atom is 0.315 e. The molecule has 7 nitrogen and oxygen atoms in total. The minimum atomic E-state index is -0.662. The lowest BCUT2D eigenvalue weighted by atomic mass is 9.77. The third-order valence-corrected chi connectivity index (χ3v) is 10.4. The van der Waals surface area contributed by atoms with Gasteiger partial charge in [-0.05, 0) is 112 Å². The second-order valence-electron chi connectivity index (χ2n) is 16.5. The molecule has 0 rings (SSSR count). The van der Waals surface area contributed by atoms with Crippen molar-refractivity contribution in [1.82, 2.24) is 4.90 Å². The van der Waals surface area contributed by atoms with Crippen LogP contribution in [-0.4, -0.2) is 62.8 Å². The zero-order chi connectivity index (χ0) is 38.4. The van der Waals surface area contributed by atoms with Crippen LogP contribution in [0, 0.1) is 16.7 Å².